The molecule has 0 aliphatic carbocycles. The number of para-hydroxylation sites is 1. The number of carbonyl (C=O) groups excluding carboxylic acids is 1. The van der Waals surface area contributed by atoms with Gasteiger partial charge in [0.1, 0.15) is 15.7 Å². The van der Waals surface area contributed by atoms with Crippen LogP contribution >= 0.6 is 0 Å². The summed E-state index contributed by atoms with van der Waals surface area (Å²) < 4.78 is 22.4. The fourth-order valence-electron chi connectivity index (χ4n) is 2.01. The van der Waals surface area contributed by atoms with Gasteiger partial charge in [-0.15, -0.1) is 0 Å². The second kappa shape index (κ2) is 7.23. The van der Waals surface area contributed by atoms with E-state index < -0.39 is 15.8 Å². The van der Waals surface area contributed by atoms with Gasteiger partial charge in [-0.25, -0.2) is 13.4 Å². The third-order valence-corrected chi connectivity index (χ3v) is 4.18. The monoisotopic (exact) mass is 333 g/mol. The summed E-state index contributed by atoms with van der Waals surface area (Å²) in [5.74, 6) is -0.494. The second-order valence-electron chi connectivity index (χ2n) is 5.41. The number of hydrogen-bond acceptors (Lipinski definition) is 5. The standard InChI is InChI=1S/C16H19N3O3S/c1-12(11-23(2,21)22)16(20)19-14-8-9-15(17-10-14)18-13-6-4-3-5-7-13/h3-10,12H,11H2,1-2H3,(H,17,18)(H,19,20)/t12-/m1/s1. The van der Waals surface area contributed by atoms with Crippen molar-refractivity contribution in [2.24, 2.45) is 5.92 Å². The normalized spacial score (nSPS) is 12.4. The number of nitrogens with one attached hydrogen (secondary N) is 2. The van der Waals surface area contributed by atoms with E-state index in [2.05, 4.69) is 15.6 Å². The average molecular weight is 333 g/mol. The van der Waals surface area contributed by atoms with E-state index in [-0.39, 0.29) is 11.7 Å². The van der Waals surface area contributed by atoms with Crippen LogP contribution in [0.1, 0.15) is 6.92 Å². The van der Waals surface area contributed by atoms with Crippen LogP contribution in [0.5, 0.6) is 0 Å². The first-order chi connectivity index (χ1) is 10.8. The highest BCUT2D eigenvalue weighted by molar-refractivity contribution is 7.90. The number of nitrogens with zero attached hydrogens (tertiary/aromatic N) is 1. The van der Waals surface area contributed by atoms with Crippen molar-refractivity contribution in [3.63, 3.8) is 0 Å². The minimum atomic E-state index is -3.19. The fraction of sp³-hybridized carbons (Fsp3) is 0.250. The molecule has 23 heavy (non-hydrogen) atoms. The molecule has 0 bridgehead atoms. The molecule has 0 unspecified atom stereocenters. The quantitative estimate of drug-likeness (QED) is 0.848. The van der Waals surface area contributed by atoms with E-state index in [9.17, 15) is 13.2 Å². The zero-order valence-corrected chi connectivity index (χ0v) is 13.8. The van der Waals surface area contributed by atoms with Crippen LogP contribution in [0.2, 0.25) is 0 Å². The Morgan fingerprint density at radius 2 is 1.83 bits per heavy atom. The molecule has 0 radical (unpaired) electrons. The van der Waals surface area contributed by atoms with Gasteiger partial charge in [0.05, 0.1) is 17.6 Å². The van der Waals surface area contributed by atoms with Gasteiger partial charge in [-0.1, -0.05) is 25.1 Å². The second-order valence-corrected chi connectivity index (χ2v) is 7.59. The Bertz CT molecular complexity index is 759. The predicted octanol–water partition coefficient (Wildman–Crippen LogP) is 2.44. The fourth-order valence-corrected chi connectivity index (χ4v) is 3.07. The Balaban J connectivity index is 1.96. The van der Waals surface area contributed by atoms with Crippen LogP contribution < -0.4 is 10.6 Å². The summed E-state index contributed by atoms with van der Waals surface area (Å²) in [6, 6.07) is 13.1. The van der Waals surface area contributed by atoms with Crippen molar-refractivity contribution in [2.75, 3.05) is 22.6 Å². The molecule has 2 N–H and O–H groups in total. The van der Waals surface area contributed by atoms with Crippen molar-refractivity contribution < 1.29 is 13.2 Å². The molecule has 1 aromatic carbocycles. The zero-order chi connectivity index (χ0) is 16.9. The largest absolute Gasteiger partial charge is 0.340 e. The lowest BCUT2D eigenvalue weighted by molar-refractivity contribution is -0.118. The minimum absolute atomic E-state index is 0.181. The Labute approximate surface area is 135 Å². The van der Waals surface area contributed by atoms with E-state index >= 15 is 0 Å². The van der Waals surface area contributed by atoms with Crippen LogP contribution in [0.3, 0.4) is 0 Å². The summed E-state index contributed by atoms with van der Waals surface area (Å²) in [7, 11) is -3.19. The van der Waals surface area contributed by atoms with E-state index in [4.69, 9.17) is 0 Å². The lowest BCUT2D eigenvalue weighted by atomic mass is 10.2. The number of benzene rings is 1. The number of pyridine rings is 1. The summed E-state index contributed by atoms with van der Waals surface area (Å²) in [6.07, 6.45) is 2.64. The number of amides is 1. The van der Waals surface area contributed by atoms with Crippen LogP contribution in [0, 0.1) is 5.92 Å². The van der Waals surface area contributed by atoms with Crippen molar-refractivity contribution in [1.82, 2.24) is 4.98 Å². The molecule has 0 saturated carbocycles. The molecule has 2 rings (SSSR count). The SMILES string of the molecule is C[C@H](CS(C)(=O)=O)C(=O)Nc1ccc(Nc2ccccc2)nc1. The molecule has 1 atom stereocenters. The van der Waals surface area contributed by atoms with Gasteiger partial charge in [0.15, 0.2) is 0 Å². The maximum atomic E-state index is 11.9. The molecule has 6 nitrogen and oxygen atoms in total. The van der Waals surface area contributed by atoms with E-state index in [0.29, 0.717) is 11.5 Å². The molecule has 0 aliphatic heterocycles. The van der Waals surface area contributed by atoms with E-state index in [1.165, 1.54) is 6.20 Å². The van der Waals surface area contributed by atoms with Gasteiger partial charge in [0, 0.05) is 17.9 Å². The Morgan fingerprint density at radius 3 is 2.39 bits per heavy atom. The van der Waals surface area contributed by atoms with Crippen molar-refractivity contribution in [3.05, 3.63) is 48.7 Å². The van der Waals surface area contributed by atoms with Gasteiger partial charge in [-0.05, 0) is 24.3 Å². The Morgan fingerprint density at radius 1 is 1.13 bits per heavy atom. The number of anilines is 3. The van der Waals surface area contributed by atoms with Crippen LogP contribution in [-0.2, 0) is 14.6 Å². The molecule has 0 aliphatic rings. The first-order valence-electron chi connectivity index (χ1n) is 7.10. The molecular formula is C16H19N3O3S. The van der Waals surface area contributed by atoms with Gasteiger partial charge >= 0.3 is 0 Å². The van der Waals surface area contributed by atoms with Crippen LogP contribution in [0.4, 0.5) is 17.2 Å². The molecule has 122 valence electrons. The molecule has 2 aromatic rings. The smallest absolute Gasteiger partial charge is 0.228 e. The van der Waals surface area contributed by atoms with Crippen LogP contribution in [-0.4, -0.2) is 31.3 Å². The summed E-state index contributed by atoms with van der Waals surface area (Å²) >= 11 is 0. The summed E-state index contributed by atoms with van der Waals surface area (Å²) in [6.45, 7) is 1.58. The molecule has 1 aromatic heterocycles. The molecule has 7 heteroatoms. The number of aromatic nitrogens is 1. The van der Waals surface area contributed by atoms with Crippen LogP contribution in [0.25, 0.3) is 0 Å². The summed E-state index contributed by atoms with van der Waals surface area (Å²) in [5, 5.41) is 5.80. The topological polar surface area (TPSA) is 88.2 Å². The van der Waals surface area contributed by atoms with Gasteiger partial charge in [-0.2, -0.15) is 0 Å². The number of carbonyl (C=O) groups is 1. The highest BCUT2D eigenvalue weighted by Crippen LogP contribution is 2.16. The van der Waals surface area contributed by atoms with E-state index in [0.717, 1.165) is 11.9 Å². The number of hydrogen-bond donors (Lipinski definition) is 2. The Kier molecular flexibility index (Phi) is 5.33. The lowest BCUT2D eigenvalue weighted by Crippen LogP contribution is -2.26. The van der Waals surface area contributed by atoms with E-state index in [1.807, 2.05) is 30.3 Å². The highest BCUT2D eigenvalue weighted by atomic mass is 32.2. The molecule has 1 amide bonds. The van der Waals surface area contributed by atoms with Crippen molar-refractivity contribution >= 4 is 32.9 Å². The van der Waals surface area contributed by atoms with Crippen molar-refractivity contribution in [1.29, 1.82) is 0 Å². The summed E-state index contributed by atoms with van der Waals surface area (Å²) in [5.41, 5.74) is 1.44. The van der Waals surface area contributed by atoms with Crippen LogP contribution in [0.15, 0.2) is 48.7 Å². The maximum Gasteiger partial charge on any atom is 0.228 e. The number of rotatable bonds is 6. The molecule has 0 fully saturated rings. The molecule has 1 heterocycles. The minimum Gasteiger partial charge on any atom is -0.340 e. The summed E-state index contributed by atoms with van der Waals surface area (Å²) in [4.78, 5) is 16.2. The number of sulfone groups is 1. The van der Waals surface area contributed by atoms with Crippen molar-refractivity contribution in [3.8, 4) is 0 Å². The zero-order valence-electron chi connectivity index (χ0n) is 13.0. The van der Waals surface area contributed by atoms with Crippen molar-refractivity contribution in [2.45, 2.75) is 6.92 Å². The first kappa shape index (κ1) is 17.0. The Hall–Kier alpha value is -2.41. The van der Waals surface area contributed by atoms with Gasteiger partial charge < -0.3 is 10.6 Å². The van der Waals surface area contributed by atoms with Gasteiger partial charge in [0.2, 0.25) is 5.91 Å². The van der Waals surface area contributed by atoms with Gasteiger partial charge in [0.25, 0.3) is 0 Å². The predicted molar refractivity (Wildman–Crippen MR) is 91.5 cm³/mol. The van der Waals surface area contributed by atoms with Gasteiger partial charge in [-0.3, -0.25) is 4.79 Å². The molecule has 0 spiro atoms. The molecule has 0 saturated heterocycles. The van der Waals surface area contributed by atoms with E-state index in [1.54, 1.807) is 19.1 Å². The lowest BCUT2D eigenvalue weighted by Gasteiger charge is -2.11. The molecular weight excluding hydrogens is 314 g/mol. The third kappa shape index (κ3) is 5.71. The first-order valence-corrected chi connectivity index (χ1v) is 9.16. The average Bonchev–Trinajstić information content (AvgIpc) is 2.48. The third-order valence-electron chi connectivity index (χ3n) is 3.08. The highest BCUT2D eigenvalue weighted by Gasteiger charge is 2.18. The maximum absolute atomic E-state index is 11.9.